The van der Waals surface area contributed by atoms with Gasteiger partial charge in [-0.1, -0.05) is 13.8 Å². The monoisotopic (exact) mass is 338 g/mol. The van der Waals surface area contributed by atoms with Crippen LogP contribution in [-0.4, -0.2) is 18.5 Å². The summed E-state index contributed by atoms with van der Waals surface area (Å²) in [6.45, 7) is 4.62. The first-order valence-corrected chi connectivity index (χ1v) is 6.74. The van der Waals surface area contributed by atoms with E-state index in [0.717, 1.165) is 8.45 Å². The van der Waals surface area contributed by atoms with Crippen molar-refractivity contribution in [2.75, 3.05) is 6.54 Å². The van der Waals surface area contributed by atoms with E-state index in [1.807, 2.05) is 25.3 Å². The molecule has 3 nitrogen and oxygen atoms in total. The van der Waals surface area contributed by atoms with Gasteiger partial charge < -0.3 is 11.1 Å². The van der Waals surface area contributed by atoms with Crippen LogP contribution >= 0.6 is 33.9 Å². The number of carbonyl (C=O) groups excluding carboxylic acids is 1. The second kappa shape index (κ2) is 5.81. The van der Waals surface area contributed by atoms with Gasteiger partial charge in [0.25, 0.3) is 5.91 Å². The fourth-order valence-electron chi connectivity index (χ4n) is 0.977. The summed E-state index contributed by atoms with van der Waals surface area (Å²) in [5.41, 5.74) is 6.56. The van der Waals surface area contributed by atoms with E-state index in [0.29, 0.717) is 12.5 Å². The Hall–Kier alpha value is -0.140. The van der Waals surface area contributed by atoms with Crippen molar-refractivity contribution in [1.82, 2.24) is 5.32 Å². The third-order valence-corrected chi connectivity index (χ3v) is 3.97. The van der Waals surface area contributed by atoms with Crippen molar-refractivity contribution >= 4 is 39.8 Å². The van der Waals surface area contributed by atoms with Crippen LogP contribution < -0.4 is 11.1 Å². The SMILES string of the molecule is CC(C)C(N)CNC(=O)c1csc(I)c1. The quantitative estimate of drug-likeness (QED) is 0.826. The molecule has 1 amide bonds. The van der Waals surface area contributed by atoms with Crippen LogP contribution in [0.15, 0.2) is 11.4 Å². The number of nitrogens with one attached hydrogen (secondary N) is 1. The highest BCUT2D eigenvalue weighted by Gasteiger charge is 2.11. The van der Waals surface area contributed by atoms with Gasteiger partial charge in [-0.2, -0.15) is 0 Å². The molecule has 0 saturated heterocycles. The lowest BCUT2D eigenvalue weighted by atomic mass is 10.1. The van der Waals surface area contributed by atoms with Crippen LogP contribution in [0.4, 0.5) is 0 Å². The second-order valence-electron chi connectivity index (χ2n) is 3.76. The molecule has 1 heterocycles. The Kier molecular flexibility index (Phi) is 5.01. The summed E-state index contributed by atoms with van der Waals surface area (Å²) in [4.78, 5) is 11.6. The van der Waals surface area contributed by atoms with Gasteiger partial charge in [-0.3, -0.25) is 4.79 Å². The topological polar surface area (TPSA) is 55.1 Å². The van der Waals surface area contributed by atoms with E-state index in [9.17, 15) is 4.79 Å². The third-order valence-electron chi connectivity index (χ3n) is 2.18. The van der Waals surface area contributed by atoms with E-state index in [1.165, 1.54) is 0 Å². The maximum atomic E-state index is 11.6. The van der Waals surface area contributed by atoms with E-state index in [2.05, 4.69) is 27.9 Å². The number of hydrogen-bond donors (Lipinski definition) is 2. The highest BCUT2D eigenvalue weighted by atomic mass is 127. The van der Waals surface area contributed by atoms with E-state index in [-0.39, 0.29) is 11.9 Å². The van der Waals surface area contributed by atoms with Crippen LogP contribution in [-0.2, 0) is 0 Å². The maximum absolute atomic E-state index is 11.6. The molecule has 0 aromatic carbocycles. The van der Waals surface area contributed by atoms with E-state index >= 15 is 0 Å². The summed E-state index contributed by atoms with van der Waals surface area (Å²) in [5.74, 6) is 0.346. The van der Waals surface area contributed by atoms with Gasteiger partial charge in [-0.15, -0.1) is 11.3 Å². The van der Waals surface area contributed by atoms with Crippen LogP contribution in [0.25, 0.3) is 0 Å². The Bertz CT molecular complexity index is 338. The highest BCUT2D eigenvalue weighted by molar-refractivity contribution is 14.1. The number of nitrogens with two attached hydrogens (primary N) is 1. The molecule has 1 unspecified atom stereocenters. The minimum absolute atomic E-state index is 0.0201. The summed E-state index contributed by atoms with van der Waals surface area (Å²) >= 11 is 3.77. The summed E-state index contributed by atoms with van der Waals surface area (Å²) < 4.78 is 1.12. The maximum Gasteiger partial charge on any atom is 0.252 e. The van der Waals surface area contributed by atoms with Crippen LogP contribution in [0.1, 0.15) is 24.2 Å². The molecule has 1 aromatic heterocycles. The standard InChI is InChI=1S/C10H15IN2OS/c1-6(2)8(12)4-13-10(14)7-3-9(11)15-5-7/h3,5-6,8H,4,12H2,1-2H3,(H,13,14). The predicted molar refractivity (Wildman–Crippen MR) is 72.2 cm³/mol. The number of thiophene rings is 1. The summed E-state index contributed by atoms with van der Waals surface area (Å²) in [7, 11) is 0. The predicted octanol–water partition coefficient (Wildman–Crippen LogP) is 2.07. The molecule has 5 heteroatoms. The number of halogens is 1. The average molecular weight is 338 g/mol. The van der Waals surface area contributed by atoms with E-state index in [1.54, 1.807) is 11.3 Å². The number of rotatable bonds is 4. The smallest absolute Gasteiger partial charge is 0.252 e. The zero-order chi connectivity index (χ0) is 11.4. The molecule has 0 spiro atoms. The van der Waals surface area contributed by atoms with Crippen molar-refractivity contribution in [3.05, 3.63) is 19.9 Å². The molecule has 15 heavy (non-hydrogen) atoms. The lowest BCUT2D eigenvalue weighted by Crippen LogP contribution is -2.40. The summed E-state index contributed by atoms with van der Waals surface area (Å²) in [5, 5.41) is 4.69. The van der Waals surface area contributed by atoms with Gasteiger partial charge in [0.05, 0.1) is 8.45 Å². The van der Waals surface area contributed by atoms with Gasteiger partial charge in [0.1, 0.15) is 0 Å². The van der Waals surface area contributed by atoms with Gasteiger partial charge >= 0.3 is 0 Å². The summed E-state index contributed by atoms with van der Waals surface area (Å²) in [6.07, 6.45) is 0. The molecule has 1 aromatic rings. The number of amides is 1. The lowest BCUT2D eigenvalue weighted by Gasteiger charge is -2.15. The second-order valence-corrected chi connectivity index (χ2v) is 6.56. The number of carbonyl (C=O) groups is 1. The Morgan fingerprint density at radius 1 is 1.67 bits per heavy atom. The van der Waals surface area contributed by atoms with Gasteiger partial charge in [0, 0.05) is 18.0 Å². The fourth-order valence-corrected chi connectivity index (χ4v) is 2.30. The van der Waals surface area contributed by atoms with Crippen molar-refractivity contribution in [2.24, 2.45) is 11.7 Å². The van der Waals surface area contributed by atoms with Crippen molar-refractivity contribution < 1.29 is 4.79 Å². The normalized spacial score (nSPS) is 12.9. The minimum Gasteiger partial charge on any atom is -0.350 e. The highest BCUT2D eigenvalue weighted by Crippen LogP contribution is 2.16. The molecule has 0 aliphatic rings. The molecule has 0 aliphatic heterocycles. The van der Waals surface area contributed by atoms with Gasteiger partial charge in [0.2, 0.25) is 0 Å². The molecular formula is C10H15IN2OS. The molecule has 0 saturated carbocycles. The van der Waals surface area contributed by atoms with Gasteiger partial charge in [0.15, 0.2) is 0 Å². The molecular weight excluding hydrogens is 323 g/mol. The van der Waals surface area contributed by atoms with E-state index < -0.39 is 0 Å². The zero-order valence-electron chi connectivity index (χ0n) is 8.79. The van der Waals surface area contributed by atoms with Gasteiger partial charge in [-0.05, 0) is 34.6 Å². The largest absolute Gasteiger partial charge is 0.350 e. The van der Waals surface area contributed by atoms with Crippen LogP contribution in [0, 0.1) is 8.80 Å². The summed E-state index contributed by atoms with van der Waals surface area (Å²) in [6, 6.07) is 1.90. The first-order valence-electron chi connectivity index (χ1n) is 4.78. The van der Waals surface area contributed by atoms with Crippen molar-refractivity contribution in [1.29, 1.82) is 0 Å². The average Bonchev–Trinajstić information content (AvgIpc) is 2.60. The van der Waals surface area contributed by atoms with Crippen LogP contribution in [0.3, 0.4) is 0 Å². The van der Waals surface area contributed by atoms with E-state index in [4.69, 9.17) is 5.73 Å². The Labute approximate surface area is 108 Å². The van der Waals surface area contributed by atoms with Crippen molar-refractivity contribution in [3.8, 4) is 0 Å². The van der Waals surface area contributed by atoms with Crippen LogP contribution in [0.5, 0.6) is 0 Å². The minimum atomic E-state index is -0.0368. The van der Waals surface area contributed by atoms with Crippen molar-refractivity contribution in [3.63, 3.8) is 0 Å². The third kappa shape index (κ3) is 4.08. The van der Waals surface area contributed by atoms with Crippen molar-refractivity contribution in [2.45, 2.75) is 19.9 Å². The first kappa shape index (κ1) is 12.9. The number of hydrogen-bond acceptors (Lipinski definition) is 3. The molecule has 3 N–H and O–H groups in total. The molecule has 84 valence electrons. The zero-order valence-corrected chi connectivity index (χ0v) is 11.8. The Balaban J connectivity index is 2.43. The Morgan fingerprint density at radius 3 is 2.80 bits per heavy atom. The molecule has 0 aliphatic carbocycles. The molecule has 0 fully saturated rings. The first-order chi connectivity index (χ1) is 7.00. The molecule has 1 rings (SSSR count). The van der Waals surface area contributed by atoms with Gasteiger partial charge in [-0.25, -0.2) is 0 Å². The fraction of sp³-hybridized carbons (Fsp3) is 0.500. The molecule has 0 bridgehead atoms. The van der Waals surface area contributed by atoms with Crippen LogP contribution in [0.2, 0.25) is 0 Å². The molecule has 0 radical (unpaired) electrons. The Morgan fingerprint density at radius 2 is 2.33 bits per heavy atom. The molecule has 1 atom stereocenters. The lowest BCUT2D eigenvalue weighted by molar-refractivity contribution is 0.0949.